The summed E-state index contributed by atoms with van der Waals surface area (Å²) in [6.45, 7) is 9.64. The van der Waals surface area contributed by atoms with Gasteiger partial charge >= 0.3 is 0 Å². The predicted octanol–water partition coefficient (Wildman–Crippen LogP) is 1.80. The molecular weight excluding hydrogens is 344 g/mol. The summed E-state index contributed by atoms with van der Waals surface area (Å²) in [6.07, 6.45) is 3.07. The molecule has 2 saturated heterocycles. The van der Waals surface area contributed by atoms with E-state index in [0.29, 0.717) is 24.7 Å². The molecule has 7 nitrogen and oxygen atoms in total. The Labute approximate surface area is 162 Å². The SMILES string of the molecule is CCn1nc(C)cc1C(=O)N1CCC[C@]2(C[C@@H](CN(C)CCOC)CO2)C1. The van der Waals surface area contributed by atoms with Crippen LogP contribution >= 0.6 is 0 Å². The second-order valence-corrected chi connectivity index (χ2v) is 8.14. The number of piperidine rings is 1. The van der Waals surface area contributed by atoms with Crippen LogP contribution in [0.25, 0.3) is 0 Å². The molecule has 0 radical (unpaired) electrons. The molecule has 2 atom stereocenters. The van der Waals surface area contributed by atoms with E-state index in [1.807, 2.05) is 29.5 Å². The molecule has 3 rings (SSSR count). The Morgan fingerprint density at radius 1 is 1.52 bits per heavy atom. The maximum atomic E-state index is 13.1. The van der Waals surface area contributed by atoms with Crippen molar-refractivity contribution in [1.29, 1.82) is 0 Å². The maximum absolute atomic E-state index is 13.1. The zero-order chi connectivity index (χ0) is 19.4. The van der Waals surface area contributed by atoms with E-state index >= 15 is 0 Å². The van der Waals surface area contributed by atoms with Gasteiger partial charge in [0.2, 0.25) is 0 Å². The predicted molar refractivity (Wildman–Crippen MR) is 104 cm³/mol. The molecular formula is C20H34N4O3. The quantitative estimate of drug-likeness (QED) is 0.724. The van der Waals surface area contributed by atoms with E-state index in [1.165, 1.54) is 0 Å². The fourth-order valence-corrected chi connectivity index (χ4v) is 4.51. The average molecular weight is 379 g/mol. The number of likely N-dealkylation sites (tertiary alicyclic amines) is 1. The lowest BCUT2D eigenvalue weighted by Crippen LogP contribution is -2.50. The van der Waals surface area contributed by atoms with Gasteiger partial charge in [0.25, 0.3) is 5.91 Å². The van der Waals surface area contributed by atoms with E-state index in [1.54, 1.807) is 7.11 Å². The Hall–Kier alpha value is -1.44. The van der Waals surface area contributed by atoms with Crippen LogP contribution in [0.3, 0.4) is 0 Å². The van der Waals surface area contributed by atoms with Crippen molar-refractivity contribution in [3.05, 3.63) is 17.5 Å². The summed E-state index contributed by atoms with van der Waals surface area (Å²) in [5.74, 6) is 0.603. The van der Waals surface area contributed by atoms with Gasteiger partial charge in [0.05, 0.1) is 31.1 Å². The van der Waals surface area contributed by atoms with E-state index in [4.69, 9.17) is 9.47 Å². The Balaban J connectivity index is 1.61. The first-order chi connectivity index (χ1) is 13.0. The van der Waals surface area contributed by atoms with E-state index in [0.717, 1.165) is 57.8 Å². The van der Waals surface area contributed by atoms with Crippen LogP contribution in [0, 0.1) is 12.8 Å². The van der Waals surface area contributed by atoms with Gasteiger partial charge in [0.15, 0.2) is 0 Å². The molecule has 2 aliphatic rings. The molecule has 27 heavy (non-hydrogen) atoms. The van der Waals surface area contributed by atoms with Crippen molar-refractivity contribution in [1.82, 2.24) is 19.6 Å². The lowest BCUT2D eigenvalue weighted by Gasteiger charge is -2.39. The highest BCUT2D eigenvalue weighted by atomic mass is 16.5. The Morgan fingerprint density at radius 3 is 3.07 bits per heavy atom. The topological polar surface area (TPSA) is 59.8 Å². The molecule has 2 fully saturated rings. The lowest BCUT2D eigenvalue weighted by molar-refractivity contribution is -0.0452. The van der Waals surface area contributed by atoms with Crippen LogP contribution < -0.4 is 0 Å². The summed E-state index contributed by atoms with van der Waals surface area (Å²) < 4.78 is 13.3. The van der Waals surface area contributed by atoms with Gasteiger partial charge in [-0.1, -0.05) is 0 Å². The molecule has 1 aromatic rings. The van der Waals surface area contributed by atoms with Gasteiger partial charge in [0.1, 0.15) is 5.69 Å². The molecule has 0 aromatic carbocycles. The maximum Gasteiger partial charge on any atom is 0.272 e. The largest absolute Gasteiger partial charge is 0.383 e. The molecule has 152 valence electrons. The van der Waals surface area contributed by atoms with Gasteiger partial charge in [0, 0.05) is 33.3 Å². The number of hydrogen-bond acceptors (Lipinski definition) is 5. The third kappa shape index (κ3) is 4.70. The van der Waals surface area contributed by atoms with Crippen LogP contribution in [0.15, 0.2) is 6.07 Å². The van der Waals surface area contributed by atoms with Crippen LogP contribution in [-0.4, -0.2) is 84.6 Å². The fourth-order valence-electron chi connectivity index (χ4n) is 4.51. The first-order valence-corrected chi connectivity index (χ1v) is 10.1. The Kier molecular flexibility index (Phi) is 6.55. The zero-order valence-electron chi connectivity index (χ0n) is 17.2. The van der Waals surface area contributed by atoms with Gasteiger partial charge in [-0.3, -0.25) is 9.48 Å². The smallest absolute Gasteiger partial charge is 0.272 e. The van der Waals surface area contributed by atoms with Crippen LogP contribution in [0.2, 0.25) is 0 Å². The van der Waals surface area contributed by atoms with Crippen LogP contribution in [0.5, 0.6) is 0 Å². The summed E-state index contributed by atoms with van der Waals surface area (Å²) in [6, 6.07) is 1.90. The molecule has 0 N–H and O–H groups in total. The number of methoxy groups -OCH3 is 1. The van der Waals surface area contributed by atoms with Crippen molar-refractivity contribution in [2.24, 2.45) is 5.92 Å². The number of rotatable bonds is 7. The summed E-state index contributed by atoms with van der Waals surface area (Å²) in [5, 5.41) is 4.43. The highest BCUT2D eigenvalue weighted by Crippen LogP contribution is 2.38. The number of hydrogen-bond donors (Lipinski definition) is 0. The minimum absolute atomic E-state index is 0.0841. The number of amides is 1. The van der Waals surface area contributed by atoms with Crippen molar-refractivity contribution in [3.8, 4) is 0 Å². The first kappa shape index (κ1) is 20.3. The molecule has 0 bridgehead atoms. The number of aryl methyl sites for hydroxylation is 2. The van der Waals surface area contributed by atoms with Gasteiger partial charge in [-0.2, -0.15) is 5.10 Å². The van der Waals surface area contributed by atoms with Crippen LogP contribution in [0.1, 0.15) is 42.4 Å². The number of ether oxygens (including phenoxy) is 2. The van der Waals surface area contributed by atoms with E-state index in [-0.39, 0.29) is 11.5 Å². The summed E-state index contributed by atoms with van der Waals surface area (Å²) >= 11 is 0. The number of nitrogens with zero attached hydrogens (tertiary/aromatic N) is 4. The molecule has 0 unspecified atom stereocenters. The number of likely N-dealkylation sites (N-methyl/N-ethyl adjacent to an activating group) is 1. The number of aromatic nitrogens is 2. The Morgan fingerprint density at radius 2 is 2.33 bits per heavy atom. The van der Waals surface area contributed by atoms with Crippen molar-refractivity contribution >= 4 is 5.91 Å². The second kappa shape index (κ2) is 8.71. The molecule has 2 aliphatic heterocycles. The summed E-state index contributed by atoms with van der Waals surface area (Å²) in [5.41, 5.74) is 1.41. The van der Waals surface area contributed by atoms with Gasteiger partial charge in [-0.05, 0) is 52.1 Å². The van der Waals surface area contributed by atoms with E-state index in [2.05, 4.69) is 17.0 Å². The first-order valence-electron chi connectivity index (χ1n) is 10.1. The normalized spacial score (nSPS) is 25.7. The monoisotopic (exact) mass is 378 g/mol. The minimum Gasteiger partial charge on any atom is -0.383 e. The molecule has 7 heteroatoms. The Bertz CT molecular complexity index is 647. The summed E-state index contributed by atoms with van der Waals surface area (Å²) in [4.78, 5) is 17.4. The van der Waals surface area contributed by atoms with Gasteiger partial charge < -0.3 is 19.3 Å². The van der Waals surface area contributed by atoms with Gasteiger partial charge in [-0.25, -0.2) is 0 Å². The fraction of sp³-hybridized carbons (Fsp3) is 0.800. The zero-order valence-corrected chi connectivity index (χ0v) is 17.2. The van der Waals surface area contributed by atoms with Crippen LogP contribution in [0.4, 0.5) is 0 Å². The van der Waals surface area contributed by atoms with Crippen LogP contribution in [-0.2, 0) is 16.0 Å². The standard InChI is InChI=1S/C20H34N4O3/c1-5-24-18(11-16(2)21-24)19(25)23-8-6-7-20(15-23)12-17(14-27-20)13-22(3)9-10-26-4/h11,17H,5-10,12-15H2,1-4H3/t17-,20-/m0/s1. The van der Waals surface area contributed by atoms with E-state index < -0.39 is 0 Å². The van der Waals surface area contributed by atoms with Gasteiger partial charge in [-0.15, -0.1) is 0 Å². The molecule has 0 aliphatic carbocycles. The highest BCUT2D eigenvalue weighted by Gasteiger charge is 2.44. The van der Waals surface area contributed by atoms with Crippen molar-refractivity contribution in [2.45, 2.75) is 45.3 Å². The van der Waals surface area contributed by atoms with E-state index in [9.17, 15) is 4.79 Å². The molecule has 1 aromatic heterocycles. The minimum atomic E-state index is -0.174. The highest BCUT2D eigenvalue weighted by molar-refractivity contribution is 5.92. The van der Waals surface area contributed by atoms with Crippen molar-refractivity contribution in [2.75, 3.05) is 53.6 Å². The molecule has 0 saturated carbocycles. The summed E-state index contributed by atoms with van der Waals surface area (Å²) in [7, 11) is 3.87. The lowest BCUT2D eigenvalue weighted by atomic mass is 9.86. The third-order valence-corrected chi connectivity index (χ3v) is 5.78. The molecule has 1 spiro atoms. The van der Waals surface area contributed by atoms with Crippen molar-refractivity contribution < 1.29 is 14.3 Å². The second-order valence-electron chi connectivity index (χ2n) is 8.14. The average Bonchev–Trinajstić information content (AvgIpc) is 3.22. The molecule has 1 amide bonds. The van der Waals surface area contributed by atoms with Crippen molar-refractivity contribution in [3.63, 3.8) is 0 Å². The number of carbonyl (C=O) groups excluding carboxylic acids is 1. The third-order valence-electron chi connectivity index (χ3n) is 5.78. The number of carbonyl (C=O) groups is 1. The molecule has 3 heterocycles.